The Balaban J connectivity index is 2.46. The van der Waals surface area contributed by atoms with Gasteiger partial charge in [0, 0.05) is 38.4 Å². The number of hydrogen-bond donors (Lipinski definition) is 1. The quantitative estimate of drug-likeness (QED) is 0.692. The van der Waals surface area contributed by atoms with E-state index in [0.29, 0.717) is 25.3 Å². The molecule has 0 spiro atoms. The summed E-state index contributed by atoms with van der Waals surface area (Å²) in [5, 5.41) is 3.43. The van der Waals surface area contributed by atoms with Crippen LogP contribution in [-0.2, 0) is 9.47 Å². The molecule has 4 nitrogen and oxygen atoms in total. The molecule has 0 saturated carbocycles. The lowest BCUT2D eigenvalue weighted by Gasteiger charge is -2.40. The molecule has 1 rings (SSSR count). The van der Waals surface area contributed by atoms with Gasteiger partial charge in [-0.3, -0.25) is 4.90 Å². The number of nitrogens with one attached hydrogen (secondary N) is 1. The Morgan fingerprint density at radius 3 is 2.06 bits per heavy atom. The van der Waals surface area contributed by atoms with Gasteiger partial charge < -0.3 is 14.8 Å². The topological polar surface area (TPSA) is 33.7 Å². The number of nitrogens with zero attached hydrogens (tertiary/aromatic N) is 1. The molecule has 16 heavy (non-hydrogen) atoms. The predicted molar refractivity (Wildman–Crippen MR) is 65.5 cm³/mol. The Morgan fingerprint density at radius 1 is 1.12 bits per heavy atom. The summed E-state index contributed by atoms with van der Waals surface area (Å²) < 4.78 is 11.2. The number of ether oxygens (including phenoxy) is 2. The van der Waals surface area contributed by atoms with E-state index in [9.17, 15) is 0 Å². The SMILES string of the molecule is CCOC(CN1C(C)CNCC1C)OCC. The Morgan fingerprint density at radius 2 is 1.62 bits per heavy atom. The van der Waals surface area contributed by atoms with Crippen molar-refractivity contribution in [3.8, 4) is 0 Å². The van der Waals surface area contributed by atoms with Crippen LogP contribution in [0, 0.1) is 0 Å². The highest BCUT2D eigenvalue weighted by Crippen LogP contribution is 2.12. The van der Waals surface area contributed by atoms with Gasteiger partial charge in [0.05, 0.1) is 6.54 Å². The van der Waals surface area contributed by atoms with Gasteiger partial charge in [-0.1, -0.05) is 0 Å². The zero-order chi connectivity index (χ0) is 12.0. The molecule has 0 aromatic carbocycles. The van der Waals surface area contributed by atoms with Crippen LogP contribution < -0.4 is 5.32 Å². The molecule has 0 radical (unpaired) electrons. The van der Waals surface area contributed by atoms with E-state index in [-0.39, 0.29) is 6.29 Å². The van der Waals surface area contributed by atoms with Gasteiger partial charge in [-0.2, -0.15) is 0 Å². The van der Waals surface area contributed by atoms with Gasteiger partial charge in [0.2, 0.25) is 0 Å². The summed E-state index contributed by atoms with van der Waals surface area (Å²) in [5.41, 5.74) is 0. The molecule has 2 unspecified atom stereocenters. The minimum Gasteiger partial charge on any atom is -0.352 e. The zero-order valence-corrected chi connectivity index (χ0v) is 11.0. The summed E-state index contributed by atoms with van der Waals surface area (Å²) in [7, 11) is 0. The van der Waals surface area contributed by atoms with Crippen molar-refractivity contribution in [1.29, 1.82) is 0 Å². The van der Waals surface area contributed by atoms with Crippen LogP contribution in [0.25, 0.3) is 0 Å². The van der Waals surface area contributed by atoms with Crippen LogP contribution >= 0.6 is 0 Å². The van der Waals surface area contributed by atoms with E-state index in [1.54, 1.807) is 0 Å². The van der Waals surface area contributed by atoms with Crippen LogP contribution in [0.2, 0.25) is 0 Å². The van der Waals surface area contributed by atoms with Crippen molar-refractivity contribution in [2.24, 2.45) is 0 Å². The van der Waals surface area contributed by atoms with Crippen LogP contribution in [0.4, 0.5) is 0 Å². The summed E-state index contributed by atoms with van der Waals surface area (Å²) in [6.07, 6.45) is -0.0852. The Bertz CT molecular complexity index is 174. The maximum atomic E-state index is 5.60. The first-order chi connectivity index (χ1) is 7.69. The van der Waals surface area contributed by atoms with E-state index in [1.165, 1.54) is 0 Å². The molecule has 1 aliphatic heterocycles. The molecule has 0 bridgehead atoms. The van der Waals surface area contributed by atoms with Crippen molar-refractivity contribution >= 4 is 0 Å². The van der Waals surface area contributed by atoms with Crippen molar-refractivity contribution in [3.05, 3.63) is 0 Å². The van der Waals surface area contributed by atoms with Crippen LogP contribution in [0.3, 0.4) is 0 Å². The van der Waals surface area contributed by atoms with Gasteiger partial charge in [0.15, 0.2) is 6.29 Å². The maximum Gasteiger partial charge on any atom is 0.170 e. The number of rotatable bonds is 6. The standard InChI is InChI=1S/C12H26N2O2/c1-5-15-12(16-6-2)9-14-10(3)7-13-8-11(14)4/h10-13H,5-9H2,1-4H3. The van der Waals surface area contributed by atoms with E-state index in [2.05, 4.69) is 24.1 Å². The van der Waals surface area contributed by atoms with Crippen LogP contribution in [0.5, 0.6) is 0 Å². The summed E-state index contributed by atoms with van der Waals surface area (Å²) in [5.74, 6) is 0. The van der Waals surface area contributed by atoms with Gasteiger partial charge in [-0.25, -0.2) is 0 Å². The fourth-order valence-corrected chi connectivity index (χ4v) is 2.23. The maximum absolute atomic E-state index is 5.60. The molecule has 0 aromatic heterocycles. The molecular weight excluding hydrogens is 204 g/mol. The average molecular weight is 230 g/mol. The molecule has 1 heterocycles. The van der Waals surface area contributed by atoms with E-state index >= 15 is 0 Å². The van der Waals surface area contributed by atoms with E-state index in [1.807, 2.05) is 13.8 Å². The zero-order valence-electron chi connectivity index (χ0n) is 11.0. The molecule has 1 aliphatic rings. The van der Waals surface area contributed by atoms with Crippen LogP contribution in [0.1, 0.15) is 27.7 Å². The lowest BCUT2D eigenvalue weighted by Crippen LogP contribution is -2.57. The molecule has 96 valence electrons. The fraction of sp³-hybridized carbons (Fsp3) is 1.00. The second kappa shape index (κ2) is 7.22. The summed E-state index contributed by atoms with van der Waals surface area (Å²) >= 11 is 0. The molecule has 4 heteroatoms. The van der Waals surface area contributed by atoms with E-state index in [4.69, 9.17) is 9.47 Å². The largest absolute Gasteiger partial charge is 0.352 e. The number of hydrogen-bond acceptors (Lipinski definition) is 4. The predicted octanol–water partition coefficient (Wildman–Crippen LogP) is 1.07. The van der Waals surface area contributed by atoms with Crippen molar-refractivity contribution in [3.63, 3.8) is 0 Å². The first-order valence-electron chi connectivity index (χ1n) is 6.38. The lowest BCUT2D eigenvalue weighted by atomic mass is 10.1. The van der Waals surface area contributed by atoms with Gasteiger partial charge in [0.25, 0.3) is 0 Å². The van der Waals surface area contributed by atoms with Crippen molar-refractivity contribution < 1.29 is 9.47 Å². The minimum atomic E-state index is -0.0852. The molecular formula is C12H26N2O2. The van der Waals surface area contributed by atoms with Crippen molar-refractivity contribution in [2.45, 2.75) is 46.1 Å². The second-order valence-corrected chi connectivity index (χ2v) is 4.39. The van der Waals surface area contributed by atoms with Crippen molar-refractivity contribution in [1.82, 2.24) is 10.2 Å². The third-order valence-electron chi connectivity index (χ3n) is 3.08. The van der Waals surface area contributed by atoms with Crippen LogP contribution in [0.15, 0.2) is 0 Å². The molecule has 0 amide bonds. The monoisotopic (exact) mass is 230 g/mol. The van der Waals surface area contributed by atoms with Gasteiger partial charge >= 0.3 is 0 Å². The van der Waals surface area contributed by atoms with Gasteiger partial charge in [-0.15, -0.1) is 0 Å². The molecule has 1 saturated heterocycles. The second-order valence-electron chi connectivity index (χ2n) is 4.39. The highest BCUT2D eigenvalue weighted by molar-refractivity contribution is 4.82. The average Bonchev–Trinajstić information content (AvgIpc) is 2.24. The minimum absolute atomic E-state index is 0.0852. The third-order valence-corrected chi connectivity index (χ3v) is 3.08. The molecule has 0 aromatic rings. The molecule has 1 fully saturated rings. The highest BCUT2D eigenvalue weighted by Gasteiger charge is 2.27. The summed E-state index contributed by atoms with van der Waals surface area (Å²) in [6.45, 7) is 12.9. The Hall–Kier alpha value is -0.160. The first-order valence-corrected chi connectivity index (χ1v) is 6.38. The lowest BCUT2D eigenvalue weighted by molar-refractivity contribution is -0.155. The fourth-order valence-electron chi connectivity index (χ4n) is 2.23. The molecule has 0 aliphatic carbocycles. The van der Waals surface area contributed by atoms with Crippen molar-refractivity contribution in [2.75, 3.05) is 32.8 Å². The first kappa shape index (κ1) is 13.9. The number of piperazine rings is 1. The highest BCUT2D eigenvalue weighted by atomic mass is 16.7. The Labute approximate surface area is 99.3 Å². The third kappa shape index (κ3) is 4.01. The summed E-state index contributed by atoms with van der Waals surface area (Å²) in [6, 6.07) is 1.10. The van der Waals surface area contributed by atoms with E-state index < -0.39 is 0 Å². The molecule has 1 N–H and O–H groups in total. The smallest absolute Gasteiger partial charge is 0.170 e. The summed E-state index contributed by atoms with van der Waals surface area (Å²) in [4.78, 5) is 2.46. The van der Waals surface area contributed by atoms with Gasteiger partial charge in [-0.05, 0) is 27.7 Å². The van der Waals surface area contributed by atoms with Crippen LogP contribution in [-0.4, -0.2) is 56.1 Å². The normalized spacial score (nSPS) is 27.6. The van der Waals surface area contributed by atoms with E-state index in [0.717, 1.165) is 19.6 Å². The molecule has 2 atom stereocenters. The Kier molecular flexibility index (Phi) is 6.28. The van der Waals surface area contributed by atoms with Gasteiger partial charge in [0.1, 0.15) is 0 Å².